The van der Waals surface area contributed by atoms with Crippen molar-refractivity contribution in [3.05, 3.63) is 59.9 Å². The first-order chi connectivity index (χ1) is 17.5. The number of anilines is 1. The van der Waals surface area contributed by atoms with Gasteiger partial charge in [-0.3, -0.25) is 9.69 Å². The molecule has 0 bridgehead atoms. The molecule has 1 N–H and O–H groups in total. The third kappa shape index (κ3) is 5.30. The molecule has 9 nitrogen and oxygen atoms in total. The molecule has 1 fully saturated rings. The van der Waals surface area contributed by atoms with Gasteiger partial charge in [0, 0.05) is 56.6 Å². The lowest BCUT2D eigenvalue weighted by atomic mass is 10.1. The van der Waals surface area contributed by atoms with Crippen LogP contribution in [-0.2, 0) is 6.54 Å². The second-order valence-corrected chi connectivity index (χ2v) is 9.68. The Morgan fingerprint density at radius 3 is 2.64 bits per heavy atom. The predicted octanol–water partition coefficient (Wildman–Crippen LogP) is 3.77. The minimum absolute atomic E-state index is 0.195. The number of piperazine rings is 1. The summed E-state index contributed by atoms with van der Waals surface area (Å²) in [5.41, 5.74) is 3.68. The lowest BCUT2D eigenvalue weighted by molar-refractivity contribution is 0.102. The summed E-state index contributed by atoms with van der Waals surface area (Å²) in [6.45, 7) is 5.14. The quantitative estimate of drug-likeness (QED) is 0.407. The molecule has 4 heterocycles. The number of hydrogen-bond acceptors (Lipinski definition) is 9. The first kappa shape index (κ1) is 24.1. The average molecular weight is 505 g/mol. The standard InChI is InChI=1S/C26H28N6O3S/c1-31-8-10-32(11-9-31)16-17-12-22-26(27-15-17)36-25(30-22)19-6-4-5-7-20(19)29-24(33)21-13-18(34-2)14-23(28-21)35-3/h4-7,12-15H,8-11,16H2,1-3H3,(H,29,33). The number of carbonyl (C=O) groups excluding carboxylic acids is 1. The van der Waals surface area contributed by atoms with Gasteiger partial charge in [0.05, 0.1) is 19.9 Å². The summed E-state index contributed by atoms with van der Waals surface area (Å²) in [6, 6.07) is 12.9. The van der Waals surface area contributed by atoms with Crippen LogP contribution in [0.5, 0.6) is 11.6 Å². The van der Waals surface area contributed by atoms with Crippen LogP contribution in [0.3, 0.4) is 0 Å². The molecule has 3 aromatic heterocycles. The van der Waals surface area contributed by atoms with Crippen LogP contribution in [0.2, 0.25) is 0 Å². The lowest BCUT2D eigenvalue weighted by Crippen LogP contribution is -2.43. The molecule has 0 atom stereocenters. The van der Waals surface area contributed by atoms with Gasteiger partial charge in [-0.25, -0.2) is 15.0 Å². The highest BCUT2D eigenvalue weighted by atomic mass is 32.1. The van der Waals surface area contributed by atoms with E-state index in [0.29, 0.717) is 17.3 Å². The highest BCUT2D eigenvalue weighted by molar-refractivity contribution is 7.21. The summed E-state index contributed by atoms with van der Waals surface area (Å²) >= 11 is 1.51. The molecule has 186 valence electrons. The van der Waals surface area contributed by atoms with Gasteiger partial charge in [-0.2, -0.15) is 0 Å². The number of para-hydroxylation sites is 1. The number of benzene rings is 1. The van der Waals surface area contributed by atoms with E-state index in [9.17, 15) is 4.79 Å². The number of likely N-dealkylation sites (N-methyl/N-ethyl adjacent to an activating group) is 1. The van der Waals surface area contributed by atoms with Crippen LogP contribution < -0.4 is 14.8 Å². The molecular formula is C26H28N6O3S. The summed E-state index contributed by atoms with van der Waals surface area (Å²) in [5.74, 6) is 0.427. The number of carbonyl (C=O) groups is 1. The van der Waals surface area contributed by atoms with Crippen LogP contribution in [-0.4, -0.2) is 78.1 Å². The Hall–Kier alpha value is -3.60. The van der Waals surface area contributed by atoms with E-state index >= 15 is 0 Å². The van der Waals surface area contributed by atoms with Crippen molar-refractivity contribution in [1.29, 1.82) is 0 Å². The number of ether oxygens (including phenoxy) is 2. The summed E-state index contributed by atoms with van der Waals surface area (Å²) in [4.78, 5) is 32.5. The monoisotopic (exact) mass is 504 g/mol. The maximum Gasteiger partial charge on any atom is 0.274 e. The van der Waals surface area contributed by atoms with Crippen molar-refractivity contribution in [2.75, 3.05) is 52.8 Å². The van der Waals surface area contributed by atoms with Crippen molar-refractivity contribution in [3.8, 4) is 22.2 Å². The summed E-state index contributed by atoms with van der Waals surface area (Å²) < 4.78 is 10.5. The SMILES string of the molecule is COc1cc(OC)nc(C(=O)Nc2ccccc2-c2nc3cc(CN4CCN(C)CC4)cnc3s2)c1. The van der Waals surface area contributed by atoms with E-state index in [2.05, 4.69) is 38.2 Å². The Kier molecular flexibility index (Phi) is 7.08. The highest BCUT2D eigenvalue weighted by Gasteiger charge is 2.18. The van der Waals surface area contributed by atoms with Crippen molar-refractivity contribution in [1.82, 2.24) is 24.8 Å². The zero-order chi connectivity index (χ0) is 25.1. The molecule has 5 rings (SSSR count). The molecule has 1 aliphatic heterocycles. The van der Waals surface area contributed by atoms with Crippen molar-refractivity contribution in [2.24, 2.45) is 0 Å². The molecule has 0 radical (unpaired) electrons. The van der Waals surface area contributed by atoms with E-state index in [1.165, 1.54) is 25.6 Å². The maximum atomic E-state index is 13.0. The molecule has 4 aromatic rings. The number of amides is 1. The fraction of sp³-hybridized carbons (Fsp3) is 0.308. The van der Waals surface area contributed by atoms with Crippen LogP contribution in [0.15, 0.2) is 48.7 Å². The molecule has 0 unspecified atom stereocenters. The first-order valence-corrected chi connectivity index (χ1v) is 12.5. The van der Waals surface area contributed by atoms with Gasteiger partial charge in [0.15, 0.2) is 0 Å². The van der Waals surface area contributed by atoms with Gasteiger partial charge in [0.25, 0.3) is 5.91 Å². The van der Waals surface area contributed by atoms with Crippen LogP contribution in [0.25, 0.3) is 20.9 Å². The van der Waals surface area contributed by atoms with Crippen LogP contribution >= 0.6 is 11.3 Å². The van der Waals surface area contributed by atoms with Gasteiger partial charge in [-0.1, -0.05) is 23.5 Å². The molecule has 36 heavy (non-hydrogen) atoms. The molecule has 1 amide bonds. The number of fused-ring (bicyclic) bond motifs is 1. The van der Waals surface area contributed by atoms with E-state index in [0.717, 1.165) is 59.2 Å². The minimum Gasteiger partial charge on any atom is -0.496 e. The Morgan fingerprint density at radius 2 is 1.86 bits per heavy atom. The van der Waals surface area contributed by atoms with E-state index in [-0.39, 0.29) is 11.6 Å². The number of methoxy groups -OCH3 is 2. The molecule has 1 aromatic carbocycles. The fourth-order valence-corrected chi connectivity index (χ4v) is 5.05. The van der Waals surface area contributed by atoms with Gasteiger partial charge in [-0.15, -0.1) is 0 Å². The van der Waals surface area contributed by atoms with Crippen molar-refractivity contribution in [3.63, 3.8) is 0 Å². The number of thiazole rings is 1. The Bertz CT molecular complexity index is 1360. The summed E-state index contributed by atoms with van der Waals surface area (Å²) in [6.07, 6.45) is 1.94. The Morgan fingerprint density at radius 1 is 1.06 bits per heavy atom. The molecule has 10 heteroatoms. The van der Waals surface area contributed by atoms with E-state index < -0.39 is 0 Å². The Balaban J connectivity index is 1.38. The largest absolute Gasteiger partial charge is 0.496 e. The summed E-state index contributed by atoms with van der Waals surface area (Å²) in [7, 11) is 5.19. The van der Waals surface area contributed by atoms with Crippen LogP contribution in [0.1, 0.15) is 16.1 Å². The van der Waals surface area contributed by atoms with Gasteiger partial charge < -0.3 is 19.7 Å². The van der Waals surface area contributed by atoms with Gasteiger partial charge in [-0.05, 0) is 30.8 Å². The number of pyridine rings is 2. The lowest BCUT2D eigenvalue weighted by Gasteiger charge is -2.32. The second kappa shape index (κ2) is 10.6. The molecule has 0 saturated carbocycles. The third-order valence-electron chi connectivity index (χ3n) is 6.16. The van der Waals surface area contributed by atoms with Crippen LogP contribution in [0, 0.1) is 0 Å². The fourth-order valence-electron chi connectivity index (χ4n) is 4.12. The van der Waals surface area contributed by atoms with Crippen molar-refractivity contribution >= 4 is 33.3 Å². The molecule has 1 saturated heterocycles. The number of rotatable bonds is 7. The second-order valence-electron chi connectivity index (χ2n) is 8.70. The topological polar surface area (TPSA) is 92.7 Å². The zero-order valence-corrected chi connectivity index (χ0v) is 21.3. The Labute approximate surface area is 213 Å². The zero-order valence-electron chi connectivity index (χ0n) is 20.5. The highest BCUT2D eigenvalue weighted by Crippen LogP contribution is 2.34. The van der Waals surface area contributed by atoms with Gasteiger partial charge in [0.1, 0.15) is 26.8 Å². The van der Waals surface area contributed by atoms with E-state index in [1.807, 2.05) is 30.5 Å². The van der Waals surface area contributed by atoms with Gasteiger partial charge >= 0.3 is 0 Å². The predicted molar refractivity (Wildman–Crippen MR) is 141 cm³/mol. The van der Waals surface area contributed by atoms with Gasteiger partial charge in [0.2, 0.25) is 5.88 Å². The number of hydrogen-bond donors (Lipinski definition) is 1. The molecule has 1 aliphatic rings. The number of nitrogens with zero attached hydrogens (tertiary/aromatic N) is 5. The average Bonchev–Trinajstić information content (AvgIpc) is 3.33. The van der Waals surface area contributed by atoms with E-state index in [4.69, 9.17) is 14.5 Å². The molecule has 0 spiro atoms. The molecule has 0 aliphatic carbocycles. The number of aromatic nitrogens is 3. The van der Waals surface area contributed by atoms with Crippen molar-refractivity contribution < 1.29 is 14.3 Å². The third-order valence-corrected chi connectivity index (χ3v) is 7.18. The first-order valence-electron chi connectivity index (χ1n) is 11.7. The smallest absolute Gasteiger partial charge is 0.274 e. The normalized spacial score (nSPS) is 14.6. The number of nitrogens with one attached hydrogen (secondary N) is 1. The van der Waals surface area contributed by atoms with Crippen molar-refractivity contribution in [2.45, 2.75) is 6.54 Å². The van der Waals surface area contributed by atoms with E-state index in [1.54, 1.807) is 12.1 Å². The maximum absolute atomic E-state index is 13.0. The minimum atomic E-state index is -0.367. The molecular weight excluding hydrogens is 476 g/mol. The van der Waals surface area contributed by atoms with Crippen LogP contribution in [0.4, 0.5) is 5.69 Å². The summed E-state index contributed by atoms with van der Waals surface area (Å²) in [5, 5.41) is 3.76.